The van der Waals surface area contributed by atoms with Crippen molar-refractivity contribution < 1.29 is 0 Å². The number of fused-ring (bicyclic) bond motifs is 3. The van der Waals surface area contributed by atoms with Crippen LogP contribution in [0.25, 0.3) is 53.5 Å². The Kier molecular flexibility index (Phi) is 6.61. The zero-order chi connectivity index (χ0) is 29.6. The lowest BCUT2D eigenvalue weighted by Gasteiger charge is -2.20. The highest BCUT2D eigenvalue weighted by Crippen LogP contribution is 2.42. The molecule has 0 saturated heterocycles. The molecule has 206 valence electrons. The molecule has 0 fully saturated rings. The fraction of sp³-hybridized carbons (Fsp3) is 0.103. The van der Waals surface area contributed by atoms with Gasteiger partial charge in [-0.25, -0.2) is 4.98 Å². The number of hydrogen-bond acceptors (Lipinski definition) is 4. The third-order valence-electron chi connectivity index (χ3n) is 7.94. The Balaban J connectivity index is 1.36. The summed E-state index contributed by atoms with van der Waals surface area (Å²) in [5, 5.41) is 14.8. The zero-order valence-corrected chi connectivity index (χ0v) is 25.1. The number of para-hydroxylation sites is 1. The monoisotopic (exact) mass is 571 g/mol. The summed E-state index contributed by atoms with van der Waals surface area (Å²) in [6, 6.07) is 42.1. The van der Waals surface area contributed by atoms with Crippen LogP contribution in [0.2, 0.25) is 0 Å². The average Bonchev–Trinajstić information content (AvgIpc) is 3.47. The van der Waals surface area contributed by atoms with Gasteiger partial charge in [-0.05, 0) is 80.6 Å². The van der Waals surface area contributed by atoms with E-state index in [4.69, 9.17) is 9.98 Å². The summed E-state index contributed by atoms with van der Waals surface area (Å²) in [5.74, 6) is 0. The number of aliphatic imine (C=N–C) groups is 1. The van der Waals surface area contributed by atoms with Crippen LogP contribution in [0.3, 0.4) is 0 Å². The SMILES string of the molecule is CC(C)(C)c1cc(-c2ccc3cc(C#N)ccc3c2)c2nc(-c3ccccc3N=Cc3cccc4ccccc34)sc2c1. The Hall–Kier alpha value is -5.11. The predicted molar refractivity (Wildman–Crippen MR) is 183 cm³/mol. The van der Waals surface area contributed by atoms with Gasteiger partial charge >= 0.3 is 0 Å². The van der Waals surface area contributed by atoms with Gasteiger partial charge in [0.25, 0.3) is 0 Å². The van der Waals surface area contributed by atoms with E-state index in [1.165, 1.54) is 16.3 Å². The normalized spacial score (nSPS) is 12.0. The largest absolute Gasteiger partial charge is 0.256 e. The van der Waals surface area contributed by atoms with Crippen LogP contribution in [0, 0.1) is 11.3 Å². The van der Waals surface area contributed by atoms with Crippen molar-refractivity contribution >= 4 is 55.0 Å². The maximum atomic E-state index is 9.34. The number of nitrogens with zero attached hydrogens (tertiary/aromatic N) is 3. The van der Waals surface area contributed by atoms with Crippen molar-refractivity contribution in [1.29, 1.82) is 5.26 Å². The molecule has 0 N–H and O–H groups in total. The van der Waals surface area contributed by atoms with Gasteiger partial charge in [0.15, 0.2) is 0 Å². The van der Waals surface area contributed by atoms with Gasteiger partial charge in [0.2, 0.25) is 0 Å². The lowest BCUT2D eigenvalue weighted by atomic mass is 9.85. The highest BCUT2D eigenvalue weighted by molar-refractivity contribution is 7.21. The third kappa shape index (κ3) is 5.09. The van der Waals surface area contributed by atoms with E-state index in [0.29, 0.717) is 5.56 Å². The lowest BCUT2D eigenvalue weighted by molar-refractivity contribution is 0.591. The van der Waals surface area contributed by atoms with Crippen molar-refractivity contribution in [3.8, 4) is 27.8 Å². The number of benzene rings is 6. The van der Waals surface area contributed by atoms with Crippen LogP contribution in [-0.2, 0) is 5.41 Å². The molecule has 0 unspecified atom stereocenters. The summed E-state index contributed by atoms with van der Waals surface area (Å²) in [7, 11) is 0. The summed E-state index contributed by atoms with van der Waals surface area (Å²) in [6.45, 7) is 6.75. The van der Waals surface area contributed by atoms with Gasteiger partial charge in [-0.2, -0.15) is 5.26 Å². The molecular formula is C39H29N3S. The van der Waals surface area contributed by atoms with Crippen molar-refractivity contribution in [3.05, 3.63) is 132 Å². The molecule has 1 heterocycles. The van der Waals surface area contributed by atoms with Crippen molar-refractivity contribution in [2.45, 2.75) is 26.2 Å². The van der Waals surface area contributed by atoms with Crippen LogP contribution < -0.4 is 0 Å². The predicted octanol–water partition coefficient (Wildman–Crippen LogP) is 10.9. The van der Waals surface area contributed by atoms with E-state index in [1.807, 2.05) is 30.5 Å². The highest BCUT2D eigenvalue weighted by Gasteiger charge is 2.20. The number of thiazole rings is 1. The molecule has 7 aromatic rings. The van der Waals surface area contributed by atoms with Gasteiger partial charge in [-0.15, -0.1) is 11.3 Å². The van der Waals surface area contributed by atoms with Gasteiger partial charge in [0.1, 0.15) is 5.01 Å². The minimum atomic E-state index is -0.0215. The van der Waals surface area contributed by atoms with Crippen molar-refractivity contribution in [3.63, 3.8) is 0 Å². The van der Waals surface area contributed by atoms with Gasteiger partial charge < -0.3 is 0 Å². The Bertz CT molecular complexity index is 2240. The number of hydrogen-bond donors (Lipinski definition) is 0. The minimum Gasteiger partial charge on any atom is -0.256 e. The molecule has 6 aromatic carbocycles. The van der Waals surface area contributed by atoms with Crippen molar-refractivity contribution in [2.24, 2.45) is 4.99 Å². The molecule has 3 nitrogen and oxygen atoms in total. The fourth-order valence-corrected chi connectivity index (χ4v) is 6.62. The van der Waals surface area contributed by atoms with Gasteiger partial charge in [0.05, 0.1) is 27.5 Å². The van der Waals surface area contributed by atoms with E-state index in [2.05, 4.69) is 118 Å². The fourth-order valence-electron chi connectivity index (χ4n) is 5.55. The molecule has 0 aliphatic rings. The van der Waals surface area contributed by atoms with Crippen LogP contribution in [0.1, 0.15) is 37.5 Å². The molecule has 0 amide bonds. The summed E-state index contributed by atoms with van der Waals surface area (Å²) >= 11 is 1.72. The lowest BCUT2D eigenvalue weighted by Crippen LogP contribution is -2.11. The first-order chi connectivity index (χ1) is 20.9. The van der Waals surface area contributed by atoms with E-state index < -0.39 is 0 Å². The average molecular weight is 572 g/mol. The van der Waals surface area contributed by atoms with Crippen LogP contribution in [-0.4, -0.2) is 11.2 Å². The first kappa shape index (κ1) is 26.8. The second-order valence-corrected chi connectivity index (χ2v) is 12.9. The van der Waals surface area contributed by atoms with E-state index in [1.54, 1.807) is 11.3 Å². The molecule has 0 aliphatic heterocycles. The molecule has 43 heavy (non-hydrogen) atoms. The quantitative estimate of drug-likeness (QED) is 0.197. The summed E-state index contributed by atoms with van der Waals surface area (Å²) in [5.41, 5.74) is 8.15. The van der Waals surface area contributed by atoms with E-state index in [9.17, 15) is 5.26 Å². The summed E-state index contributed by atoms with van der Waals surface area (Å²) < 4.78 is 1.16. The molecule has 1 aromatic heterocycles. The van der Waals surface area contributed by atoms with Crippen LogP contribution in [0.5, 0.6) is 0 Å². The first-order valence-corrected chi connectivity index (χ1v) is 15.2. The summed E-state index contributed by atoms with van der Waals surface area (Å²) in [6.07, 6.45) is 1.96. The third-order valence-corrected chi connectivity index (χ3v) is 8.98. The minimum absolute atomic E-state index is 0.0215. The molecule has 0 radical (unpaired) electrons. The highest BCUT2D eigenvalue weighted by atomic mass is 32.1. The van der Waals surface area contributed by atoms with Gasteiger partial charge in [-0.3, -0.25) is 4.99 Å². The van der Waals surface area contributed by atoms with E-state index in [-0.39, 0.29) is 5.41 Å². The Morgan fingerprint density at radius 1 is 0.744 bits per heavy atom. The number of rotatable bonds is 4. The Morgan fingerprint density at radius 3 is 2.37 bits per heavy atom. The topological polar surface area (TPSA) is 49.0 Å². The second kappa shape index (κ2) is 10.6. The zero-order valence-electron chi connectivity index (χ0n) is 24.3. The summed E-state index contributed by atoms with van der Waals surface area (Å²) in [4.78, 5) is 10.2. The molecule has 7 rings (SSSR count). The van der Waals surface area contributed by atoms with Crippen LogP contribution in [0.4, 0.5) is 5.69 Å². The van der Waals surface area contributed by atoms with Crippen molar-refractivity contribution in [1.82, 2.24) is 4.98 Å². The van der Waals surface area contributed by atoms with Crippen LogP contribution >= 0.6 is 11.3 Å². The smallest absolute Gasteiger partial charge is 0.126 e. The van der Waals surface area contributed by atoms with Gasteiger partial charge in [0, 0.05) is 22.9 Å². The van der Waals surface area contributed by atoms with Crippen molar-refractivity contribution in [2.75, 3.05) is 0 Å². The number of nitriles is 1. The molecule has 0 atom stereocenters. The van der Waals surface area contributed by atoms with Crippen LogP contribution in [0.15, 0.2) is 120 Å². The second-order valence-electron chi connectivity index (χ2n) is 11.9. The molecule has 0 spiro atoms. The molecular weight excluding hydrogens is 543 g/mol. The van der Waals surface area contributed by atoms with E-state index in [0.717, 1.165) is 53.9 Å². The van der Waals surface area contributed by atoms with Gasteiger partial charge in [-0.1, -0.05) is 93.6 Å². The molecule has 0 aliphatic carbocycles. The standard InChI is InChI=1S/C39H29N3S/c1-39(2,3)31-21-34(29-18-17-27-19-25(23-40)15-16-28(27)20-29)37-36(22-31)43-38(42-37)33-13-6-7-14-35(33)41-24-30-11-8-10-26-9-4-5-12-32(26)30/h4-22,24H,1-3H3. The molecule has 0 bridgehead atoms. The maximum Gasteiger partial charge on any atom is 0.126 e. The molecule has 4 heteroatoms. The Morgan fingerprint density at radius 2 is 1.51 bits per heavy atom. The number of aromatic nitrogens is 1. The molecule has 0 saturated carbocycles. The van der Waals surface area contributed by atoms with E-state index >= 15 is 0 Å². The Labute approximate surface area is 255 Å². The first-order valence-electron chi connectivity index (χ1n) is 14.4. The maximum absolute atomic E-state index is 9.34.